The van der Waals surface area contributed by atoms with Crippen LogP contribution in [0.1, 0.15) is 11.1 Å². The average Bonchev–Trinajstić information content (AvgIpc) is 3.02. The molecule has 4 heteroatoms. The van der Waals surface area contributed by atoms with Crippen LogP contribution >= 0.6 is 0 Å². The highest BCUT2D eigenvalue weighted by atomic mass is 16.2. The second kappa shape index (κ2) is 4.06. The van der Waals surface area contributed by atoms with Crippen LogP contribution in [-0.2, 0) is 4.79 Å². The summed E-state index contributed by atoms with van der Waals surface area (Å²) in [5, 5.41) is 3.88. The predicted octanol–water partition coefficient (Wildman–Crippen LogP) is 3.06. The number of anilines is 1. The van der Waals surface area contributed by atoms with Crippen molar-refractivity contribution in [2.45, 2.75) is 0 Å². The van der Waals surface area contributed by atoms with Crippen molar-refractivity contribution in [3.05, 3.63) is 59.9 Å². The van der Waals surface area contributed by atoms with Crippen LogP contribution in [0.15, 0.2) is 48.8 Å². The number of amides is 1. The lowest BCUT2D eigenvalue weighted by Gasteiger charge is -1.96. The molecule has 1 amide bonds. The number of pyridine rings is 1. The molecule has 20 heavy (non-hydrogen) atoms. The van der Waals surface area contributed by atoms with Gasteiger partial charge in [-0.1, -0.05) is 18.2 Å². The number of hydrogen-bond acceptors (Lipinski definition) is 2. The maximum atomic E-state index is 12.1. The summed E-state index contributed by atoms with van der Waals surface area (Å²) in [6, 6.07) is 11.8. The van der Waals surface area contributed by atoms with E-state index in [1.165, 1.54) is 0 Å². The number of nitrogens with zero attached hydrogens (tertiary/aromatic N) is 1. The number of nitrogens with one attached hydrogen (secondary N) is 2. The molecule has 1 aromatic carbocycles. The smallest absolute Gasteiger partial charge is 0.257 e. The molecule has 2 N–H and O–H groups in total. The van der Waals surface area contributed by atoms with Gasteiger partial charge >= 0.3 is 0 Å². The minimum atomic E-state index is -0.107. The van der Waals surface area contributed by atoms with Gasteiger partial charge in [0.05, 0.1) is 5.57 Å². The second-order valence-corrected chi connectivity index (χ2v) is 4.70. The first kappa shape index (κ1) is 11.0. The topological polar surface area (TPSA) is 57.8 Å². The van der Waals surface area contributed by atoms with E-state index in [0.29, 0.717) is 11.4 Å². The van der Waals surface area contributed by atoms with Crippen molar-refractivity contribution in [1.29, 1.82) is 0 Å². The van der Waals surface area contributed by atoms with Gasteiger partial charge in [-0.05, 0) is 24.3 Å². The molecule has 0 fully saturated rings. The first-order valence-corrected chi connectivity index (χ1v) is 6.37. The van der Waals surface area contributed by atoms with Gasteiger partial charge in [0.15, 0.2) is 0 Å². The number of rotatable bonds is 1. The summed E-state index contributed by atoms with van der Waals surface area (Å²) >= 11 is 0. The molecule has 0 saturated carbocycles. The molecule has 4 rings (SSSR count). The first-order chi connectivity index (χ1) is 9.83. The van der Waals surface area contributed by atoms with E-state index in [1.54, 1.807) is 6.20 Å². The molecule has 4 nitrogen and oxygen atoms in total. The minimum Gasteiger partial charge on any atom is -0.361 e. The normalized spacial score (nSPS) is 15.6. The van der Waals surface area contributed by atoms with E-state index in [4.69, 9.17) is 0 Å². The second-order valence-electron chi connectivity index (χ2n) is 4.70. The van der Waals surface area contributed by atoms with E-state index < -0.39 is 0 Å². The summed E-state index contributed by atoms with van der Waals surface area (Å²) in [7, 11) is 0. The number of carbonyl (C=O) groups excluding carboxylic acids is 1. The molecule has 0 bridgehead atoms. The molecular formula is C16H11N3O. The van der Waals surface area contributed by atoms with E-state index in [9.17, 15) is 4.79 Å². The number of benzene rings is 1. The Labute approximate surface area is 115 Å². The van der Waals surface area contributed by atoms with Crippen LogP contribution in [0, 0.1) is 0 Å². The average molecular weight is 261 g/mol. The Balaban J connectivity index is 1.90. The van der Waals surface area contributed by atoms with Crippen LogP contribution < -0.4 is 5.32 Å². The lowest BCUT2D eigenvalue weighted by molar-refractivity contribution is -0.110. The van der Waals surface area contributed by atoms with Gasteiger partial charge in [-0.2, -0.15) is 0 Å². The van der Waals surface area contributed by atoms with E-state index in [-0.39, 0.29) is 5.91 Å². The highest BCUT2D eigenvalue weighted by Gasteiger charge is 2.24. The van der Waals surface area contributed by atoms with Gasteiger partial charge in [-0.15, -0.1) is 0 Å². The molecule has 96 valence electrons. The monoisotopic (exact) mass is 261 g/mol. The minimum absolute atomic E-state index is 0.107. The zero-order chi connectivity index (χ0) is 13.5. The highest BCUT2D eigenvalue weighted by Crippen LogP contribution is 2.32. The summed E-state index contributed by atoms with van der Waals surface area (Å²) in [5.41, 5.74) is 3.56. The molecule has 0 saturated heterocycles. The van der Waals surface area contributed by atoms with E-state index >= 15 is 0 Å². The van der Waals surface area contributed by atoms with E-state index in [1.807, 2.05) is 48.7 Å². The van der Waals surface area contributed by atoms with Crippen molar-refractivity contribution in [3.8, 4) is 0 Å². The zero-order valence-corrected chi connectivity index (χ0v) is 10.6. The third-order valence-electron chi connectivity index (χ3n) is 3.50. The van der Waals surface area contributed by atoms with Crippen molar-refractivity contribution in [2.24, 2.45) is 0 Å². The summed E-state index contributed by atoms with van der Waals surface area (Å²) in [6.45, 7) is 0. The largest absolute Gasteiger partial charge is 0.361 e. The predicted molar refractivity (Wildman–Crippen MR) is 79.0 cm³/mol. The number of carbonyl (C=O) groups is 1. The number of hydrogen-bond donors (Lipinski definition) is 2. The van der Waals surface area contributed by atoms with Gasteiger partial charge in [-0.25, -0.2) is 4.98 Å². The summed E-state index contributed by atoms with van der Waals surface area (Å²) in [6.07, 6.45) is 5.49. The molecule has 1 aliphatic rings. The van der Waals surface area contributed by atoms with E-state index in [2.05, 4.69) is 15.3 Å². The van der Waals surface area contributed by atoms with Crippen LogP contribution in [0.5, 0.6) is 0 Å². The molecule has 3 aromatic rings. The van der Waals surface area contributed by atoms with Crippen LogP contribution in [-0.4, -0.2) is 15.9 Å². The van der Waals surface area contributed by atoms with E-state index in [0.717, 1.165) is 22.0 Å². The Morgan fingerprint density at radius 1 is 1.10 bits per heavy atom. The molecular weight excluding hydrogens is 250 g/mol. The number of H-pyrrole nitrogens is 1. The fourth-order valence-electron chi connectivity index (χ4n) is 2.53. The van der Waals surface area contributed by atoms with Gasteiger partial charge in [0.25, 0.3) is 5.91 Å². The van der Waals surface area contributed by atoms with Gasteiger partial charge in [-0.3, -0.25) is 4.79 Å². The first-order valence-electron chi connectivity index (χ1n) is 6.37. The van der Waals surface area contributed by atoms with Crippen LogP contribution in [0.4, 0.5) is 5.82 Å². The summed E-state index contributed by atoms with van der Waals surface area (Å²) < 4.78 is 0. The number of fused-ring (bicyclic) bond motifs is 2. The fourth-order valence-corrected chi connectivity index (χ4v) is 2.53. The Bertz CT molecular complexity index is 861. The quantitative estimate of drug-likeness (QED) is 0.661. The summed E-state index contributed by atoms with van der Waals surface area (Å²) in [4.78, 5) is 19.4. The lowest BCUT2D eigenvalue weighted by atomic mass is 10.1. The van der Waals surface area contributed by atoms with Crippen LogP contribution in [0.3, 0.4) is 0 Å². The Kier molecular flexibility index (Phi) is 2.23. The number of aromatic amines is 1. The standard InChI is InChI=1S/C16H11N3O/c20-16-13(12-5-3-7-17-15(12)19-16)8-10-9-18-14-6-2-1-4-11(10)14/h1-9,18H,(H,17,19,20)/b13-8+. The van der Waals surface area contributed by atoms with Crippen LogP contribution in [0.2, 0.25) is 0 Å². The lowest BCUT2D eigenvalue weighted by Crippen LogP contribution is -2.04. The van der Waals surface area contributed by atoms with Crippen molar-refractivity contribution >= 4 is 34.3 Å². The number of aromatic nitrogens is 2. The SMILES string of the molecule is O=C1Nc2ncccc2/C1=C\c1c[nH]c2ccccc12. The highest BCUT2D eigenvalue weighted by molar-refractivity contribution is 6.34. The maximum Gasteiger partial charge on any atom is 0.257 e. The van der Waals surface area contributed by atoms with Gasteiger partial charge < -0.3 is 10.3 Å². The van der Waals surface area contributed by atoms with Crippen molar-refractivity contribution in [3.63, 3.8) is 0 Å². The maximum absolute atomic E-state index is 12.1. The molecule has 0 spiro atoms. The van der Waals surface area contributed by atoms with Gasteiger partial charge in [0, 0.05) is 34.4 Å². The third kappa shape index (κ3) is 1.55. The summed E-state index contributed by atoms with van der Waals surface area (Å²) in [5.74, 6) is 0.521. The Morgan fingerprint density at radius 2 is 2.00 bits per heavy atom. The Morgan fingerprint density at radius 3 is 2.95 bits per heavy atom. The molecule has 2 aromatic heterocycles. The third-order valence-corrected chi connectivity index (χ3v) is 3.50. The Hall–Kier alpha value is -2.88. The molecule has 1 aliphatic heterocycles. The van der Waals surface area contributed by atoms with Crippen molar-refractivity contribution in [2.75, 3.05) is 5.32 Å². The van der Waals surface area contributed by atoms with Gasteiger partial charge in [0.2, 0.25) is 0 Å². The zero-order valence-electron chi connectivity index (χ0n) is 10.6. The molecule has 3 heterocycles. The fraction of sp³-hybridized carbons (Fsp3) is 0. The van der Waals surface area contributed by atoms with Crippen molar-refractivity contribution in [1.82, 2.24) is 9.97 Å². The van der Waals surface area contributed by atoms with Gasteiger partial charge in [0.1, 0.15) is 5.82 Å². The van der Waals surface area contributed by atoms with Crippen LogP contribution in [0.25, 0.3) is 22.6 Å². The van der Waals surface area contributed by atoms with Crippen molar-refractivity contribution < 1.29 is 4.79 Å². The molecule has 0 radical (unpaired) electrons. The molecule has 0 aliphatic carbocycles. The number of para-hydroxylation sites is 1. The molecule has 0 unspecified atom stereocenters. The molecule has 0 atom stereocenters.